The number of hydrogen-bond acceptors (Lipinski definition) is 3. The highest BCUT2D eigenvalue weighted by molar-refractivity contribution is 5.69. The topological polar surface area (TPSA) is 55.5 Å². The van der Waals surface area contributed by atoms with Crippen molar-refractivity contribution in [2.75, 3.05) is 5.73 Å². The molecular weight excluding hydrogens is 259 g/mol. The van der Waals surface area contributed by atoms with Crippen LogP contribution in [0.4, 0.5) is 18.9 Å². The Kier molecular flexibility index (Phi) is 3.25. The van der Waals surface area contributed by atoms with Gasteiger partial charge < -0.3 is 15.6 Å². The van der Waals surface area contributed by atoms with Crippen LogP contribution in [0.25, 0.3) is 11.1 Å². The van der Waals surface area contributed by atoms with E-state index in [0.29, 0.717) is 16.8 Å². The molecule has 0 radical (unpaired) electrons. The Morgan fingerprint density at radius 3 is 2.32 bits per heavy atom. The van der Waals surface area contributed by atoms with Gasteiger partial charge in [0.05, 0.1) is 0 Å². The van der Waals surface area contributed by atoms with E-state index in [4.69, 9.17) is 5.73 Å². The van der Waals surface area contributed by atoms with Gasteiger partial charge in [0.1, 0.15) is 0 Å². The van der Waals surface area contributed by atoms with E-state index >= 15 is 0 Å². The van der Waals surface area contributed by atoms with Crippen molar-refractivity contribution in [3.05, 3.63) is 42.5 Å². The molecule has 2 rings (SSSR count). The standard InChI is InChI=1S/C13H10F3NO2/c14-13(15,16)19-12-7-9(4-5-11(12)18)8-2-1-3-10(17)6-8/h1-7,18H,17H2. The third-order valence-corrected chi connectivity index (χ3v) is 2.41. The molecule has 3 nitrogen and oxygen atoms in total. The number of nitrogen functional groups attached to an aromatic ring is 1. The lowest BCUT2D eigenvalue weighted by Crippen LogP contribution is -2.17. The molecule has 0 unspecified atom stereocenters. The fourth-order valence-corrected chi connectivity index (χ4v) is 1.62. The van der Waals surface area contributed by atoms with Crippen molar-refractivity contribution in [2.24, 2.45) is 0 Å². The number of benzene rings is 2. The molecule has 6 heteroatoms. The molecule has 2 aromatic rings. The molecule has 0 aromatic heterocycles. The molecule has 0 aliphatic carbocycles. The van der Waals surface area contributed by atoms with E-state index in [2.05, 4.69) is 4.74 Å². The second-order valence-electron chi connectivity index (χ2n) is 3.86. The van der Waals surface area contributed by atoms with Crippen molar-refractivity contribution >= 4 is 5.69 Å². The van der Waals surface area contributed by atoms with E-state index in [1.807, 2.05) is 0 Å². The summed E-state index contributed by atoms with van der Waals surface area (Å²) in [7, 11) is 0. The van der Waals surface area contributed by atoms with Gasteiger partial charge >= 0.3 is 6.36 Å². The zero-order chi connectivity index (χ0) is 14.0. The molecule has 3 N–H and O–H groups in total. The maximum atomic E-state index is 12.2. The predicted octanol–water partition coefficient (Wildman–Crippen LogP) is 3.54. The summed E-state index contributed by atoms with van der Waals surface area (Å²) >= 11 is 0. The Labute approximate surface area is 107 Å². The van der Waals surface area contributed by atoms with Crippen LogP contribution < -0.4 is 10.5 Å². The molecule has 0 amide bonds. The lowest BCUT2D eigenvalue weighted by molar-refractivity contribution is -0.275. The summed E-state index contributed by atoms with van der Waals surface area (Å²) in [5.74, 6) is -1.22. The van der Waals surface area contributed by atoms with Crippen LogP contribution in [-0.2, 0) is 0 Å². The van der Waals surface area contributed by atoms with E-state index in [9.17, 15) is 18.3 Å². The molecule has 2 aromatic carbocycles. The van der Waals surface area contributed by atoms with Gasteiger partial charge in [-0.1, -0.05) is 18.2 Å². The quantitative estimate of drug-likeness (QED) is 0.820. The van der Waals surface area contributed by atoms with Gasteiger partial charge in [0, 0.05) is 5.69 Å². The average molecular weight is 269 g/mol. The predicted molar refractivity (Wildman–Crippen MR) is 64.6 cm³/mol. The highest BCUT2D eigenvalue weighted by Crippen LogP contribution is 2.35. The Balaban J connectivity index is 2.41. The van der Waals surface area contributed by atoms with Crippen LogP contribution in [0.2, 0.25) is 0 Å². The van der Waals surface area contributed by atoms with Gasteiger partial charge in [-0.2, -0.15) is 0 Å². The molecule has 0 fully saturated rings. The minimum atomic E-state index is -4.86. The molecule has 19 heavy (non-hydrogen) atoms. The van der Waals surface area contributed by atoms with Gasteiger partial charge in [-0.25, -0.2) is 0 Å². The van der Waals surface area contributed by atoms with Crippen LogP contribution in [0.3, 0.4) is 0 Å². The second-order valence-corrected chi connectivity index (χ2v) is 3.86. The van der Waals surface area contributed by atoms with Crippen LogP contribution in [0.5, 0.6) is 11.5 Å². The number of alkyl halides is 3. The molecule has 0 heterocycles. The number of anilines is 1. The van der Waals surface area contributed by atoms with Crippen molar-refractivity contribution in [3.63, 3.8) is 0 Å². The monoisotopic (exact) mass is 269 g/mol. The SMILES string of the molecule is Nc1cccc(-c2ccc(O)c(OC(F)(F)F)c2)c1. The number of rotatable bonds is 2. The smallest absolute Gasteiger partial charge is 0.504 e. The Morgan fingerprint density at radius 2 is 1.68 bits per heavy atom. The zero-order valence-electron chi connectivity index (χ0n) is 9.61. The number of aromatic hydroxyl groups is 1. The fourth-order valence-electron chi connectivity index (χ4n) is 1.62. The summed E-state index contributed by atoms with van der Waals surface area (Å²) in [6.45, 7) is 0. The molecule has 0 atom stereocenters. The van der Waals surface area contributed by atoms with Crippen molar-refractivity contribution < 1.29 is 23.0 Å². The van der Waals surface area contributed by atoms with Crippen molar-refractivity contribution in [1.29, 1.82) is 0 Å². The number of halogens is 3. The van der Waals surface area contributed by atoms with Crippen LogP contribution in [0.1, 0.15) is 0 Å². The average Bonchev–Trinajstić information content (AvgIpc) is 2.30. The van der Waals surface area contributed by atoms with E-state index in [-0.39, 0.29) is 0 Å². The number of nitrogens with two attached hydrogens (primary N) is 1. The Bertz CT molecular complexity index is 597. The summed E-state index contributed by atoms with van der Waals surface area (Å²) in [4.78, 5) is 0. The molecular formula is C13H10F3NO2. The van der Waals surface area contributed by atoms with Crippen LogP contribution in [-0.4, -0.2) is 11.5 Å². The molecule has 0 spiro atoms. The first kappa shape index (κ1) is 13.1. The van der Waals surface area contributed by atoms with Crippen molar-refractivity contribution in [2.45, 2.75) is 6.36 Å². The minimum absolute atomic E-state index is 0.462. The first-order chi connectivity index (χ1) is 8.85. The minimum Gasteiger partial charge on any atom is -0.504 e. The van der Waals surface area contributed by atoms with Gasteiger partial charge in [0.2, 0.25) is 0 Å². The zero-order valence-corrected chi connectivity index (χ0v) is 9.61. The number of ether oxygens (including phenoxy) is 1. The molecule has 100 valence electrons. The summed E-state index contributed by atoms with van der Waals surface area (Å²) in [6.07, 6.45) is -4.86. The van der Waals surface area contributed by atoms with E-state index in [0.717, 1.165) is 12.1 Å². The fraction of sp³-hybridized carbons (Fsp3) is 0.0769. The van der Waals surface area contributed by atoms with Crippen LogP contribution in [0.15, 0.2) is 42.5 Å². The van der Waals surface area contributed by atoms with E-state index in [1.165, 1.54) is 6.07 Å². The first-order valence-corrected chi connectivity index (χ1v) is 5.30. The highest BCUT2D eigenvalue weighted by atomic mass is 19.4. The summed E-state index contributed by atoms with van der Waals surface area (Å²) in [6, 6.07) is 10.4. The number of hydrogen-bond donors (Lipinski definition) is 2. The largest absolute Gasteiger partial charge is 0.573 e. The van der Waals surface area contributed by atoms with E-state index in [1.54, 1.807) is 24.3 Å². The van der Waals surface area contributed by atoms with Crippen LogP contribution >= 0.6 is 0 Å². The molecule has 0 saturated carbocycles. The van der Waals surface area contributed by atoms with Crippen LogP contribution in [0, 0.1) is 0 Å². The molecule has 0 aliphatic rings. The molecule has 0 saturated heterocycles. The summed E-state index contributed by atoms with van der Waals surface area (Å²) in [5.41, 5.74) is 7.19. The van der Waals surface area contributed by atoms with Gasteiger partial charge in [-0.3, -0.25) is 0 Å². The second kappa shape index (κ2) is 4.72. The lowest BCUT2D eigenvalue weighted by Gasteiger charge is -2.12. The van der Waals surface area contributed by atoms with Crippen molar-refractivity contribution in [1.82, 2.24) is 0 Å². The lowest BCUT2D eigenvalue weighted by atomic mass is 10.0. The van der Waals surface area contributed by atoms with Gasteiger partial charge in [0.15, 0.2) is 11.5 Å². The summed E-state index contributed by atoms with van der Waals surface area (Å²) < 4.78 is 40.2. The highest BCUT2D eigenvalue weighted by Gasteiger charge is 2.32. The normalized spacial score (nSPS) is 11.3. The first-order valence-electron chi connectivity index (χ1n) is 5.30. The third kappa shape index (κ3) is 3.31. The van der Waals surface area contributed by atoms with Gasteiger partial charge in [-0.15, -0.1) is 13.2 Å². The van der Waals surface area contributed by atoms with Crippen molar-refractivity contribution in [3.8, 4) is 22.6 Å². The maximum absolute atomic E-state index is 12.2. The van der Waals surface area contributed by atoms with Gasteiger partial charge in [-0.05, 0) is 35.4 Å². The van der Waals surface area contributed by atoms with E-state index < -0.39 is 17.9 Å². The Hall–Kier alpha value is -2.37. The summed E-state index contributed by atoms with van der Waals surface area (Å²) in [5, 5.41) is 9.35. The number of phenols is 1. The molecule has 0 bridgehead atoms. The molecule has 0 aliphatic heterocycles. The third-order valence-electron chi connectivity index (χ3n) is 2.41. The maximum Gasteiger partial charge on any atom is 0.573 e. The number of phenolic OH excluding ortho intramolecular Hbond substituents is 1. The van der Waals surface area contributed by atoms with Gasteiger partial charge in [0.25, 0.3) is 0 Å². The Morgan fingerprint density at radius 1 is 1.00 bits per heavy atom.